The molecule has 0 atom stereocenters. The van der Waals surface area contributed by atoms with Crippen molar-refractivity contribution in [2.45, 2.75) is 12.2 Å². The number of nitrogens with one attached hydrogen (secondary N) is 1. The highest BCUT2D eigenvalue weighted by molar-refractivity contribution is 6.31. The second-order valence-corrected chi connectivity index (χ2v) is 8.00. The fourth-order valence-electron chi connectivity index (χ4n) is 3.46. The summed E-state index contributed by atoms with van der Waals surface area (Å²) < 4.78 is 5.78. The highest BCUT2D eigenvalue weighted by atomic mass is 35.5. The number of hydrazone groups is 1. The molecule has 0 fully saturated rings. The zero-order valence-electron chi connectivity index (χ0n) is 18.3. The summed E-state index contributed by atoms with van der Waals surface area (Å²) in [5.74, 6) is 0.0319. The van der Waals surface area contributed by atoms with E-state index in [1.54, 1.807) is 48.5 Å². The van der Waals surface area contributed by atoms with Crippen molar-refractivity contribution in [2.24, 2.45) is 5.10 Å². The van der Waals surface area contributed by atoms with Crippen LogP contribution in [0.5, 0.6) is 5.75 Å². The van der Waals surface area contributed by atoms with Gasteiger partial charge < -0.3 is 9.84 Å². The third-order valence-corrected chi connectivity index (χ3v) is 5.69. The van der Waals surface area contributed by atoms with E-state index in [2.05, 4.69) is 10.5 Å². The highest BCUT2D eigenvalue weighted by Gasteiger charge is 2.39. The standard InChI is InChI=1S/C28H23ClN2O3/c29-26-14-8-7-9-22(26)20-34-25-17-15-21(16-18-25)19-30-31-27(32)28(33,23-10-3-1-4-11-23)24-12-5-2-6-13-24/h1-19,33H,20H2,(H,31,32)/b30-19-. The lowest BCUT2D eigenvalue weighted by atomic mass is 9.85. The predicted molar refractivity (Wildman–Crippen MR) is 134 cm³/mol. The van der Waals surface area contributed by atoms with E-state index >= 15 is 0 Å². The molecule has 0 saturated carbocycles. The van der Waals surface area contributed by atoms with Crippen molar-refractivity contribution in [3.8, 4) is 5.75 Å². The van der Waals surface area contributed by atoms with Gasteiger partial charge in [-0.3, -0.25) is 4.79 Å². The van der Waals surface area contributed by atoms with Crippen LogP contribution in [0.2, 0.25) is 5.02 Å². The van der Waals surface area contributed by atoms with Gasteiger partial charge in [0.2, 0.25) is 0 Å². The van der Waals surface area contributed by atoms with Crippen molar-refractivity contribution >= 4 is 23.7 Å². The van der Waals surface area contributed by atoms with Crippen molar-refractivity contribution < 1.29 is 14.6 Å². The molecule has 0 radical (unpaired) electrons. The van der Waals surface area contributed by atoms with Crippen LogP contribution in [-0.4, -0.2) is 17.2 Å². The number of ether oxygens (including phenoxy) is 1. The fraction of sp³-hybridized carbons (Fsp3) is 0.0714. The Labute approximate surface area is 203 Å². The average molecular weight is 471 g/mol. The normalized spacial score (nSPS) is 11.4. The minimum Gasteiger partial charge on any atom is -0.489 e. The largest absolute Gasteiger partial charge is 0.489 e. The minimum atomic E-state index is -1.88. The van der Waals surface area contributed by atoms with Crippen molar-refractivity contribution in [3.05, 3.63) is 136 Å². The van der Waals surface area contributed by atoms with Crippen LogP contribution >= 0.6 is 11.6 Å². The van der Waals surface area contributed by atoms with E-state index in [4.69, 9.17) is 16.3 Å². The highest BCUT2D eigenvalue weighted by Crippen LogP contribution is 2.29. The lowest BCUT2D eigenvalue weighted by molar-refractivity contribution is -0.136. The second kappa shape index (κ2) is 10.8. The van der Waals surface area contributed by atoms with Gasteiger partial charge in [0.15, 0.2) is 5.60 Å². The molecule has 0 aliphatic heterocycles. The Morgan fingerprint density at radius 2 is 1.41 bits per heavy atom. The number of carbonyl (C=O) groups excluding carboxylic acids is 1. The molecule has 4 aromatic rings. The third-order valence-electron chi connectivity index (χ3n) is 5.32. The number of hydrogen-bond donors (Lipinski definition) is 2. The summed E-state index contributed by atoms with van der Waals surface area (Å²) in [6, 6.07) is 32.3. The number of aliphatic hydroxyl groups is 1. The van der Waals surface area contributed by atoms with Crippen molar-refractivity contribution in [1.82, 2.24) is 5.43 Å². The molecule has 170 valence electrons. The van der Waals surface area contributed by atoms with Gasteiger partial charge >= 0.3 is 0 Å². The maximum atomic E-state index is 13.1. The van der Waals surface area contributed by atoms with E-state index < -0.39 is 11.5 Å². The Bertz CT molecular complexity index is 1220. The molecule has 0 aliphatic carbocycles. The maximum Gasteiger partial charge on any atom is 0.281 e. The van der Waals surface area contributed by atoms with Crippen LogP contribution in [0.1, 0.15) is 22.3 Å². The minimum absolute atomic E-state index is 0.362. The summed E-state index contributed by atoms with van der Waals surface area (Å²) in [4.78, 5) is 13.1. The van der Waals surface area contributed by atoms with Gasteiger partial charge in [0.1, 0.15) is 12.4 Å². The van der Waals surface area contributed by atoms with Gasteiger partial charge in [0, 0.05) is 10.6 Å². The Kier molecular flexibility index (Phi) is 7.38. The molecule has 1 amide bonds. The topological polar surface area (TPSA) is 70.9 Å². The van der Waals surface area contributed by atoms with E-state index in [1.165, 1.54) is 6.21 Å². The van der Waals surface area contributed by atoms with E-state index in [9.17, 15) is 9.90 Å². The Morgan fingerprint density at radius 1 is 0.853 bits per heavy atom. The molecular weight excluding hydrogens is 448 g/mol. The van der Waals surface area contributed by atoms with Crippen molar-refractivity contribution in [1.29, 1.82) is 0 Å². The van der Waals surface area contributed by atoms with Crippen LogP contribution in [0.4, 0.5) is 0 Å². The molecule has 6 heteroatoms. The van der Waals surface area contributed by atoms with Gasteiger partial charge in [-0.15, -0.1) is 0 Å². The molecule has 0 aliphatic rings. The summed E-state index contributed by atoms with van der Waals surface area (Å²) >= 11 is 6.16. The van der Waals surface area contributed by atoms with Crippen LogP contribution in [-0.2, 0) is 17.0 Å². The first-order valence-electron chi connectivity index (χ1n) is 10.7. The zero-order chi connectivity index (χ0) is 23.8. The van der Waals surface area contributed by atoms with Crippen LogP contribution in [0.15, 0.2) is 114 Å². The van der Waals surface area contributed by atoms with Gasteiger partial charge in [-0.25, -0.2) is 5.43 Å². The molecule has 0 aromatic heterocycles. The lowest BCUT2D eigenvalue weighted by Gasteiger charge is -2.27. The quantitative estimate of drug-likeness (QED) is 0.271. The van der Waals surface area contributed by atoms with E-state index in [0.29, 0.717) is 28.5 Å². The molecule has 4 rings (SSSR count). The molecule has 34 heavy (non-hydrogen) atoms. The first-order chi connectivity index (χ1) is 16.6. The number of amides is 1. The Hall–Kier alpha value is -3.93. The molecule has 0 heterocycles. The first kappa shape index (κ1) is 23.2. The molecule has 0 unspecified atom stereocenters. The number of halogens is 1. The van der Waals surface area contributed by atoms with E-state index in [1.807, 2.05) is 60.7 Å². The van der Waals surface area contributed by atoms with Crippen LogP contribution in [0.3, 0.4) is 0 Å². The fourth-order valence-corrected chi connectivity index (χ4v) is 3.65. The van der Waals surface area contributed by atoms with E-state index in [-0.39, 0.29) is 0 Å². The van der Waals surface area contributed by atoms with Gasteiger partial charge in [0.25, 0.3) is 5.91 Å². The summed E-state index contributed by atoms with van der Waals surface area (Å²) in [5, 5.41) is 16.1. The number of benzene rings is 4. The SMILES string of the molecule is O=C(N/N=C\c1ccc(OCc2ccccc2Cl)cc1)C(O)(c1ccccc1)c1ccccc1. The van der Waals surface area contributed by atoms with Crippen molar-refractivity contribution in [2.75, 3.05) is 0 Å². The second-order valence-electron chi connectivity index (χ2n) is 7.59. The molecule has 2 N–H and O–H groups in total. The number of carbonyl (C=O) groups is 1. The number of rotatable bonds is 8. The van der Waals surface area contributed by atoms with Gasteiger partial charge in [-0.05, 0) is 47.0 Å². The smallest absolute Gasteiger partial charge is 0.281 e. The maximum absolute atomic E-state index is 13.1. The van der Waals surface area contributed by atoms with Gasteiger partial charge in [-0.2, -0.15) is 5.10 Å². The van der Waals surface area contributed by atoms with Crippen LogP contribution in [0, 0.1) is 0 Å². The van der Waals surface area contributed by atoms with Crippen LogP contribution < -0.4 is 10.2 Å². The third kappa shape index (κ3) is 5.34. The number of nitrogens with zero attached hydrogens (tertiary/aromatic N) is 1. The van der Waals surface area contributed by atoms with Gasteiger partial charge in [-0.1, -0.05) is 90.5 Å². The van der Waals surface area contributed by atoms with Gasteiger partial charge in [0.05, 0.1) is 6.21 Å². The lowest BCUT2D eigenvalue weighted by Crippen LogP contribution is -2.43. The molecule has 5 nitrogen and oxygen atoms in total. The monoisotopic (exact) mass is 470 g/mol. The molecular formula is C28H23ClN2O3. The summed E-state index contributed by atoms with van der Waals surface area (Å²) in [7, 11) is 0. The molecule has 4 aromatic carbocycles. The first-order valence-corrected chi connectivity index (χ1v) is 11.1. The Balaban J connectivity index is 1.42. The molecule has 0 bridgehead atoms. The Morgan fingerprint density at radius 3 is 2.00 bits per heavy atom. The van der Waals surface area contributed by atoms with E-state index in [0.717, 1.165) is 11.1 Å². The zero-order valence-corrected chi connectivity index (χ0v) is 19.0. The predicted octanol–water partition coefficient (Wildman–Crippen LogP) is 5.31. The summed E-state index contributed by atoms with van der Waals surface area (Å²) in [6.45, 7) is 0.362. The summed E-state index contributed by atoms with van der Waals surface area (Å²) in [5.41, 5.74) is 3.16. The number of hydrogen-bond acceptors (Lipinski definition) is 4. The molecule has 0 spiro atoms. The molecule has 0 saturated heterocycles. The average Bonchev–Trinajstić information content (AvgIpc) is 2.89. The van der Waals surface area contributed by atoms with Crippen molar-refractivity contribution in [3.63, 3.8) is 0 Å². The summed E-state index contributed by atoms with van der Waals surface area (Å²) in [6.07, 6.45) is 1.51. The van der Waals surface area contributed by atoms with Crippen LogP contribution in [0.25, 0.3) is 0 Å².